The third kappa shape index (κ3) is 2.51. The van der Waals surface area contributed by atoms with Crippen molar-refractivity contribution in [1.82, 2.24) is 15.8 Å². The Balaban J connectivity index is 1.48. The monoisotopic (exact) mass is 317 g/mol. The maximum absolute atomic E-state index is 12.3. The van der Waals surface area contributed by atoms with Crippen LogP contribution in [0, 0.1) is 0 Å². The Hall–Kier alpha value is -1.85. The fraction of sp³-hybridized carbons (Fsp3) is 0.375. The van der Waals surface area contributed by atoms with E-state index in [1.54, 1.807) is 18.2 Å². The lowest BCUT2D eigenvalue weighted by Gasteiger charge is -2.20. The van der Waals surface area contributed by atoms with E-state index in [9.17, 15) is 4.79 Å². The molecule has 1 amide bonds. The number of rotatable bonds is 3. The van der Waals surface area contributed by atoms with Crippen molar-refractivity contribution in [3.63, 3.8) is 0 Å². The summed E-state index contributed by atoms with van der Waals surface area (Å²) in [6, 6.07) is 10.1. The van der Waals surface area contributed by atoms with Crippen LogP contribution in [-0.2, 0) is 0 Å². The first-order valence-corrected chi connectivity index (χ1v) is 7.86. The van der Waals surface area contributed by atoms with Crippen molar-refractivity contribution in [1.29, 1.82) is 0 Å². The molecule has 3 heterocycles. The number of hydrogen-bond donors (Lipinski definition) is 2. The summed E-state index contributed by atoms with van der Waals surface area (Å²) in [6.45, 7) is 0. The molecule has 0 spiro atoms. The highest BCUT2D eigenvalue weighted by Crippen LogP contribution is 2.28. The van der Waals surface area contributed by atoms with E-state index in [4.69, 9.17) is 16.1 Å². The van der Waals surface area contributed by atoms with E-state index < -0.39 is 0 Å². The fourth-order valence-corrected chi connectivity index (χ4v) is 3.58. The maximum atomic E-state index is 12.3. The molecule has 4 rings (SSSR count). The third-order valence-corrected chi connectivity index (χ3v) is 4.71. The van der Waals surface area contributed by atoms with Crippen molar-refractivity contribution in [2.75, 3.05) is 0 Å². The van der Waals surface area contributed by atoms with E-state index in [0.29, 0.717) is 22.8 Å². The smallest absolute Gasteiger partial charge is 0.290 e. The van der Waals surface area contributed by atoms with Crippen LogP contribution in [0.15, 0.2) is 34.9 Å². The number of hydrogen-bond acceptors (Lipinski definition) is 4. The number of nitrogens with zero attached hydrogens (tertiary/aromatic N) is 1. The SMILES string of the molecule is O=C(N[C@@H]1C[C@@H]2CC[C@H]1N2)c1cc(-c2cccc(Cl)c2)no1. The average Bonchev–Trinajstić information content (AvgIpc) is 3.23. The maximum Gasteiger partial charge on any atom is 0.290 e. The van der Waals surface area contributed by atoms with Crippen molar-refractivity contribution < 1.29 is 9.32 Å². The van der Waals surface area contributed by atoms with Crippen LogP contribution < -0.4 is 10.6 Å². The molecule has 3 atom stereocenters. The summed E-state index contributed by atoms with van der Waals surface area (Å²) < 4.78 is 5.19. The molecular weight excluding hydrogens is 302 g/mol. The van der Waals surface area contributed by atoms with Crippen molar-refractivity contribution in [3.8, 4) is 11.3 Å². The molecule has 0 saturated carbocycles. The van der Waals surface area contributed by atoms with Gasteiger partial charge in [0, 0.05) is 34.8 Å². The number of nitrogens with one attached hydrogen (secondary N) is 2. The topological polar surface area (TPSA) is 67.2 Å². The van der Waals surface area contributed by atoms with Crippen LogP contribution in [0.2, 0.25) is 5.02 Å². The molecule has 0 unspecified atom stereocenters. The zero-order chi connectivity index (χ0) is 15.1. The Kier molecular flexibility index (Phi) is 3.39. The number of carbonyl (C=O) groups is 1. The van der Waals surface area contributed by atoms with Gasteiger partial charge in [-0.3, -0.25) is 4.79 Å². The van der Waals surface area contributed by atoms with Crippen molar-refractivity contribution >= 4 is 17.5 Å². The van der Waals surface area contributed by atoms with Crippen LogP contribution in [0.1, 0.15) is 29.8 Å². The molecule has 1 aromatic heterocycles. The molecule has 6 heteroatoms. The van der Waals surface area contributed by atoms with E-state index in [2.05, 4.69) is 15.8 Å². The third-order valence-electron chi connectivity index (χ3n) is 4.47. The zero-order valence-corrected chi connectivity index (χ0v) is 12.6. The van der Waals surface area contributed by atoms with Gasteiger partial charge in [0.1, 0.15) is 5.69 Å². The Morgan fingerprint density at radius 3 is 3.00 bits per heavy atom. The van der Waals surface area contributed by atoms with Crippen LogP contribution in [0.3, 0.4) is 0 Å². The highest BCUT2D eigenvalue weighted by molar-refractivity contribution is 6.30. The molecule has 114 valence electrons. The van der Waals surface area contributed by atoms with Crippen LogP contribution in [-0.4, -0.2) is 29.2 Å². The summed E-state index contributed by atoms with van der Waals surface area (Å²) in [6.07, 6.45) is 3.32. The second kappa shape index (κ2) is 5.41. The highest BCUT2D eigenvalue weighted by atomic mass is 35.5. The van der Waals surface area contributed by atoms with Gasteiger partial charge in [-0.1, -0.05) is 28.9 Å². The number of aromatic nitrogens is 1. The lowest BCUT2D eigenvalue weighted by atomic mass is 9.95. The standard InChI is InChI=1S/C16H16ClN3O2/c17-10-3-1-2-9(6-10)13-8-15(22-20-13)16(21)19-14-7-11-4-5-12(14)18-11/h1-3,6,8,11-12,14,18H,4-5,7H2,(H,19,21)/t11-,12+,14+/m0/s1. The van der Waals surface area contributed by atoms with Gasteiger partial charge in [-0.25, -0.2) is 0 Å². The minimum absolute atomic E-state index is 0.186. The molecule has 5 nitrogen and oxygen atoms in total. The largest absolute Gasteiger partial charge is 0.350 e. The Labute approximate surface area is 133 Å². The predicted molar refractivity (Wildman–Crippen MR) is 82.8 cm³/mol. The number of amides is 1. The van der Waals surface area contributed by atoms with Gasteiger partial charge in [0.05, 0.1) is 0 Å². The van der Waals surface area contributed by atoms with Gasteiger partial charge >= 0.3 is 0 Å². The number of fused-ring (bicyclic) bond motifs is 2. The molecule has 2 aliphatic rings. The van der Waals surface area contributed by atoms with E-state index in [-0.39, 0.29) is 17.7 Å². The first-order chi connectivity index (χ1) is 10.7. The van der Waals surface area contributed by atoms with E-state index >= 15 is 0 Å². The molecular formula is C16H16ClN3O2. The van der Waals surface area contributed by atoms with Gasteiger partial charge in [-0.2, -0.15) is 0 Å². The quantitative estimate of drug-likeness (QED) is 0.913. The summed E-state index contributed by atoms with van der Waals surface area (Å²) in [7, 11) is 0. The molecule has 2 aliphatic heterocycles. The minimum Gasteiger partial charge on any atom is -0.350 e. The van der Waals surface area contributed by atoms with Gasteiger partial charge in [0.2, 0.25) is 5.76 Å². The number of carbonyl (C=O) groups excluding carboxylic acids is 1. The average molecular weight is 318 g/mol. The first-order valence-electron chi connectivity index (χ1n) is 7.48. The molecule has 2 N–H and O–H groups in total. The minimum atomic E-state index is -0.208. The number of benzene rings is 1. The molecule has 2 bridgehead atoms. The second-order valence-corrected chi connectivity index (χ2v) is 6.39. The van der Waals surface area contributed by atoms with Crippen LogP contribution in [0.5, 0.6) is 0 Å². The van der Waals surface area contributed by atoms with Crippen molar-refractivity contribution in [2.45, 2.75) is 37.4 Å². The highest BCUT2D eigenvalue weighted by Gasteiger charge is 2.40. The van der Waals surface area contributed by atoms with E-state index in [1.807, 2.05) is 12.1 Å². The van der Waals surface area contributed by atoms with Crippen molar-refractivity contribution in [2.24, 2.45) is 0 Å². The van der Waals surface area contributed by atoms with Gasteiger partial charge in [0.25, 0.3) is 5.91 Å². The van der Waals surface area contributed by atoms with Crippen LogP contribution in [0.25, 0.3) is 11.3 Å². The molecule has 1 aromatic carbocycles. The van der Waals surface area contributed by atoms with E-state index in [1.165, 1.54) is 6.42 Å². The first kappa shape index (κ1) is 13.8. The fourth-order valence-electron chi connectivity index (χ4n) is 3.39. The predicted octanol–water partition coefficient (Wildman–Crippen LogP) is 2.62. The zero-order valence-electron chi connectivity index (χ0n) is 11.9. The molecule has 22 heavy (non-hydrogen) atoms. The lowest BCUT2D eigenvalue weighted by Crippen LogP contribution is -2.42. The van der Waals surface area contributed by atoms with Crippen molar-refractivity contribution in [3.05, 3.63) is 41.1 Å². The van der Waals surface area contributed by atoms with Crippen LogP contribution >= 0.6 is 11.6 Å². The van der Waals surface area contributed by atoms with Crippen LogP contribution in [0.4, 0.5) is 0 Å². The Morgan fingerprint density at radius 1 is 1.36 bits per heavy atom. The summed E-state index contributed by atoms with van der Waals surface area (Å²) in [4.78, 5) is 12.3. The summed E-state index contributed by atoms with van der Waals surface area (Å²) in [5, 5.41) is 11.1. The molecule has 0 radical (unpaired) electrons. The van der Waals surface area contributed by atoms with Gasteiger partial charge < -0.3 is 15.2 Å². The summed E-state index contributed by atoms with van der Waals surface area (Å²) in [5.41, 5.74) is 1.44. The Bertz CT molecular complexity index is 715. The summed E-state index contributed by atoms with van der Waals surface area (Å²) in [5.74, 6) is 0.0258. The van der Waals surface area contributed by atoms with Gasteiger partial charge in [-0.05, 0) is 31.4 Å². The Morgan fingerprint density at radius 2 is 2.27 bits per heavy atom. The van der Waals surface area contributed by atoms with E-state index in [0.717, 1.165) is 18.4 Å². The molecule has 0 aliphatic carbocycles. The normalized spacial score (nSPS) is 26.3. The molecule has 2 saturated heterocycles. The lowest BCUT2D eigenvalue weighted by molar-refractivity contribution is 0.0893. The molecule has 2 aromatic rings. The summed E-state index contributed by atoms with van der Waals surface area (Å²) >= 11 is 5.97. The van der Waals surface area contributed by atoms with Gasteiger partial charge in [-0.15, -0.1) is 0 Å². The molecule has 2 fully saturated rings. The number of halogens is 1. The second-order valence-electron chi connectivity index (χ2n) is 5.95. The van der Waals surface area contributed by atoms with Gasteiger partial charge in [0.15, 0.2) is 0 Å².